The average molecular weight is 405 g/mol. The van der Waals surface area contributed by atoms with Gasteiger partial charge in [-0.05, 0) is 48.9 Å². The first kappa shape index (κ1) is 20.3. The molecule has 8 heteroatoms. The third-order valence-corrected chi connectivity index (χ3v) is 3.91. The first-order valence-electron chi connectivity index (χ1n) is 7.74. The zero-order valence-electron chi connectivity index (χ0n) is 14.1. The smallest absolute Gasteiger partial charge is 0.335 e. The van der Waals surface area contributed by atoms with Gasteiger partial charge in [-0.15, -0.1) is 0 Å². The van der Waals surface area contributed by atoms with Gasteiger partial charge in [-0.25, -0.2) is 4.79 Å². The Morgan fingerprint density at radius 1 is 1.26 bits per heavy atom. The summed E-state index contributed by atoms with van der Waals surface area (Å²) < 4.78 is 5.33. The van der Waals surface area contributed by atoms with Gasteiger partial charge in [0, 0.05) is 5.69 Å². The molecule has 2 aromatic carbocycles. The maximum atomic E-state index is 12.3. The fourth-order valence-corrected chi connectivity index (χ4v) is 2.80. The van der Waals surface area contributed by atoms with Crippen LogP contribution in [0.1, 0.15) is 22.8 Å². The van der Waals surface area contributed by atoms with Crippen LogP contribution in [0.25, 0.3) is 6.08 Å². The molecule has 2 rings (SSSR count). The van der Waals surface area contributed by atoms with E-state index in [2.05, 4.69) is 5.32 Å². The molecule has 1 amide bonds. The number of benzene rings is 2. The second-order valence-electron chi connectivity index (χ2n) is 5.26. The molecular weight excluding hydrogens is 391 g/mol. The largest absolute Gasteiger partial charge is 0.491 e. The molecule has 0 heterocycles. The molecule has 138 valence electrons. The average Bonchev–Trinajstić information content (AvgIpc) is 2.62. The van der Waals surface area contributed by atoms with Gasteiger partial charge in [0.05, 0.1) is 22.2 Å². The molecule has 0 unspecified atom stereocenters. The number of amides is 1. The predicted octanol–water partition coefficient (Wildman–Crippen LogP) is 4.64. The van der Waals surface area contributed by atoms with Crippen molar-refractivity contribution in [1.29, 1.82) is 5.26 Å². The topological polar surface area (TPSA) is 99.4 Å². The molecule has 0 radical (unpaired) electrons. The van der Waals surface area contributed by atoms with E-state index in [-0.39, 0.29) is 26.9 Å². The van der Waals surface area contributed by atoms with Crippen molar-refractivity contribution in [3.05, 3.63) is 63.1 Å². The van der Waals surface area contributed by atoms with Crippen LogP contribution in [0.3, 0.4) is 0 Å². The number of carboxylic acid groups (broad SMARTS) is 1. The maximum Gasteiger partial charge on any atom is 0.335 e. The van der Waals surface area contributed by atoms with Gasteiger partial charge in [0.1, 0.15) is 11.6 Å². The molecule has 2 N–H and O–H groups in total. The zero-order chi connectivity index (χ0) is 20.0. The normalized spacial score (nSPS) is 10.8. The van der Waals surface area contributed by atoms with E-state index in [1.165, 1.54) is 42.5 Å². The van der Waals surface area contributed by atoms with Gasteiger partial charge < -0.3 is 15.2 Å². The molecule has 0 bridgehead atoms. The number of carbonyl (C=O) groups is 2. The molecule has 2 aromatic rings. The summed E-state index contributed by atoms with van der Waals surface area (Å²) in [6.07, 6.45) is 1.32. The van der Waals surface area contributed by atoms with Gasteiger partial charge >= 0.3 is 5.97 Å². The first-order valence-corrected chi connectivity index (χ1v) is 8.49. The lowest BCUT2D eigenvalue weighted by molar-refractivity contribution is -0.112. The Kier molecular flexibility index (Phi) is 6.83. The number of nitrogens with one attached hydrogen (secondary N) is 1. The first-order chi connectivity index (χ1) is 12.8. The van der Waals surface area contributed by atoms with Gasteiger partial charge in [-0.2, -0.15) is 5.26 Å². The van der Waals surface area contributed by atoms with E-state index in [1.807, 2.05) is 0 Å². The molecule has 0 saturated carbocycles. The molecule has 0 aliphatic heterocycles. The Bertz CT molecular complexity index is 941. The van der Waals surface area contributed by atoms with Crippen LogP contribution in [0.4, 0.5) is 5.69 Å². The van der Waals surface area contributed by atoms with Crippen LogP contribution < -0.4 is 10.1 Å². The van der Waals surface area contributed by atoms with Gasteiger partial charge in [0.25, 0.3) is 5.91 Å². The van der Waals surface area contributed by atoms with Crippen LogP contribution >= 0.6 is 23.2 Å². The highest BCUT2D eigenvalue weighted by molar-refractivity contribution is 6.37. The number of aromatic carboxylic acids is 1. The van der Waals surface area contributed by atoms with Gasteiger partial charge in [0.2, 0.25) is 0 Å². The van der Waals surface area contributed by atoms with Crippen molar-refractivity contribution in [2.75, 3.05) is 11.9 Å². The fraction of sp³-hybridized carbons (Fsp3) is 0.105. The Hall–Kier alpha value is -3.01. The number of ether oxygens (including phenoxy) is 1. The van der Waals surface area contributed by atoms with E-state index >= 15 is 0 Å². The summed E-state index contributed by atoms with van der Waals surface area (Å²) in [6, 6.07) is 10.5. The van der Waals surface area contributed by atoms with E-state index in [4.69, 9.17) is 33.0 Å². The van der Waals surface area contributed by atoms with Crippen molar-refractivity contribution in [2.24, 2.45) is 0 Å². The molecule has 27 heavy (non-hydrogen) atoms. The van der Waals surface area contributed by atoms with E-state index in [0.717, 1.165) is 0 Å². The minimum atomic E-state index is -1.12. The fourth-order valence-electron chi connectivity index (χ4n) is 2.19. The molecule has 0 atom stereocenters. The standard InChI is InChI=1S/C19H14Cl2N2O4/c1-2-27-17-15(20)7-11(8-16(17)21)6-13(10-22)18(24)23-14-5-3-4-12(9-14)19(25)26/h3-9H,2H2,1H3,(H,23,24)(H,25,26)/b13-6-. The predicted molar refractivity (Wildman–Crippen MR) is 103 cm³/mol. The summed E-state index contributed by atoms with van der Waals surface area (Å²) in [6.45, 7) is 2.17. The van der Waals surface area contributed by atoms with Crippen molar-refractivity contribution in [1.82, 2.24) is 0 Å². The maximum absolute atomic E-state index is 12.3. The number of anilines is 1. The summed E-state index contributed by atoms with van der Waals surface area (Å²) in [5.41, 5.74) is 0.510. The highest BCUT2D eigenvalue weighted by Gasteiger charge is 2.13. The van der Waals surface area contributed by atoms with E-state index in [9.17, 15) is 14.9 Å². The molecular formula is C19H14Cl2N2O4. The van der Waals surface area contributed by atoms with Crippen LogP contribution in [0.5, 0.6) is 5.75 Å². The zero-order valence-corrected chi connectivity index (χ0v) is 15.6. The highest BCUT2D eigenvalue weighted by Crippen LogP contribution is 2.34. The summed E-state index contributed by atoms with van der Waals surface area (Å²) >= 11 is 12.2. The number of carbonyl (C=O) groups excluding carboxylic acids is 1. The second kappa shape index (κ2) is 9.08. The van der Waals surface area contributed by atoms with Crippen LogP contribution in [0.2, 0.25) is 10.0 Å². The highest BCUT2D eigenvalue weighted by atomic mass is 35.5. The van der Waals surface area contributed by atoms with Crippen molar-refractivity contribution >= 4 is 46.8 Å². The number of nitrogens with zero attached hydrogens (tertiary/aromatic N) is 1. The molecule has 0 aliphatic carbocycles. The van der Waals surface area contributed by atoms with Crippen LogP contribution in [-0.2, 0) is 4.79 Å². The van der Waals surface area contributed by atoms with E-state index < -0.39 is 11.9 Å². The molecule has 0 spiro atoms. The van der Waals surface area contributed by atoms with Crippen LogP contribution in [0.15, 0.2) is 42.0 Å². The van der Waals surface area contributed by atoms with Crippen molar-refractivity contribution in [3.63, 3.8) is 0 Å². The summed E-state index contributed by atoms with van der Waals surface area (Å²) in [7, 11) is 0. The molecule has 0 aromatic heterocycles. The summed E-state index contributed by atoms with van der Waals surface area (Å²) in [5, 5.41) is 21.3. The Morgan fingerprint density at radius 2 is 1.93 bits per heavy atom. The number of carboxylic acids is 1. The van der Waals surface area contributed by atoms with Crippen LogP contribution in [0, 0.1) is 11.3 Å². The number of halogens is 2. The number of hydrogen-bond donors (Lipinski definition) is 2. The van der Waals surface area contributed by atoms with Gasteiger partial charge in [0.15, 0.2) is 5.75 Å². The Morgan fingerprint density at radius 3 is 2.48 bits per heavy atom. The Labute approximate surface area is 165 Å². The lowest BCUT2D eigenvalue weighted by atomic mass is 10.1. The van der Waals surface area contributed by atoms with E-state index in [1.54, 1.807) is 13.0 Å². The van der Waals surface area contributed by atoms with Crippen molar-refractivity contribution in [3.8, 4) is 11.8 Å². The number of nitriles is 1. The SMILES string of the molecule is CCOc1c(Cl)cc(/C=C(/C#N)C(=O)Nc2cccc(C(=O)O)c2)cc1Cl. The lowest BCUT2D eigenvalue weighted by Crippen LogP contribution is -2.14. The number of rotatable bonds is 6. The lowest BCUT2D eigenvalue weighted by Gasteiger charge is -2.09. The quantitative estimate of drug-likeness (QED) is 0.539. The van der Waals surface area contributed by atoms with Crippen molar-refractivity contribution in [2.45, 2.75) is 6.92 Å². The number of hydrogen-bond acceptors (Lipinski definition) is 4. The van der Waals surface area contributed by atoms with Gasteiger partial charge in [-0.3, -0.25) is 4.79 Å². The van der Waals surface area contributed by atoms with Crippen molar-refractivity contribution < 1.29 is 19.4 Å². The molecule has 0 fully saturated rings. The molecule has 0 aliphatic rings. The molecule has 6 nitrogen and oxygen atoms in total. The van der Waals surface area contributed by atoms with Crippen LogP contribution in [-0.4, -0.2) is 23.6 Å². The monoisotopic (exact) mass is 404 g/mol. The molecule has 0 saturated heterocycles. The summed E-state index contributed by atoms with van der Waals surface area (Å²) in [5.74, 6) is -1.49. The summed E-state index contributed by atoms with van der Waals surface area (Å²) in [4.78, 5) is 23.3. The third kappa shape index (κ3) is 5.23. The van der Waals surface area contributed by atoms with E-state index in [0.29, 0.717) is 17.9 Å². The third-order valence-electron chi connectivity index (χ3n) is 3.35. The minimum Gasteiger partial charge on any atom is -0.491 e. The Balaban J connectivity index is 2.28. The second-order valence-corrected chi connectivity index (χ2v) is 6.07. The minimum absolute atomic E-state index is 0.0142. The van der Waals surface area contributed by atoms with Gasteiger partial charge in [-0.1, -0.05) is 29.3 Å².